The zero-order valence-corrected chi connectivity index (χ0v) is 37.4. The van der Waals surface area contributed by atoms with Gasteiger partial charge in [0.05, 0.1) is 44.6 Å². The van der Waals surface area contributed by atoms with Gasteiger partial charge in [0.2, 0.25) is 5.91 Å². The first-order valence-electron chi connectivity index (χ1n) is 20.7. The van der Waals surface area contributed by atoms with Gasteiger partial charge in [-0.05, 0) is 91.8 Å². The zero-order valence-electron chi connectivity index (χ0n) is 34.5. The number of piperidine rings is 2. The van der Waals surface area contributed by atoms with Crippen molar-refractivity contribution in [3.8, 4) is 11.8 Å². The predicted octanol–water partition coefficient (Wildman–Crippen LogP) is 6.70. The second kappa shape index (κ2) is 14.6. The fourth-order valence-electron chi connectivity index (χ4n) is 12.0. The number of hydrogen-bond donors (Lipinski definition) is 0. The van der Waals surface area contributed by atoms with Gasteiger partial charge in [0.25, 0.3) is 23.6 Å². The van der Waals surface area contributed by atoms with Gasteiger partial charge in [-0.1, -0.05) is 39.3 Å². The number of ether oxygens (including phenoxy) is 1. The van der Waals surface area contributed by atoms with Crippen LogP contribution in [0.25, 0.3) is 0 Å². The number of anilines is 1. The molecule has 0 aromatic heterocycles. The Kier molecular flexibility index (Phi) is 9.91. The molecule has 0 N–H and O–H groups in total. The van der Waals surface area contributed by atoms with Gasteiger partial charge in [-0.3, -0.25) is 33.8 Å². The monoisotopic (exact) mass is 942 g/mol. The van der Waals surface area contributed by atoms with Crippen LogP contribution in [0.2, 0.25) is 5.02 Å². The van der Waals surface area contributed by atoms with Crippen molar-refractivity contribution in [2.45, 2.75) is 90.4 Å². The summed E-state index contributed by atoms with van der Waals surface area (Å²) in [7, 11) is 1.88. The standard InChI is InChI=1S/C46H48ClIN6O6/c1-44(2)42(45(3,4)43(44)60-32-11-8-27(23-49)35(47)20-32)50(5)38(56)26-6-9-30(10-7-26)51-16-14-31(15-17-51)52-24-46(25-52)21-28-18-33-34(19-29(28)22-46)40(58)53(39(33)57)36-12-13-37(55)54(48)41(36)59/h6-11,18-20,31,36,42-43H,12-17,21-22,24-25H2,1-5H3. The van der Waals surface area contributed by atoms with Gasteiger partial charge in [0, 0.05) is 85.3 Å². The molecule has 60 heavy (non-hydrogen) atoms. The van der Waals surface area contributed by atoms with Crippen molar-refractivity contribution < 1.29 is 28.7 Å². The SMILES string of the molecule is CN(C(=O)c1ccc(N2CCC(N3CC4(Cc5cc6c(cc5C4)C(=O)N(C4CCC(=O)N(I)C4=O)C6=O)C3)CC2)cc1)C1C(C)(C)C(Oc2ccc(C#N)c(Cl)c2)C1(C)C. The normalized spacial score (nSPS) is 25.4. The molecule has 1 saturated carbocycles. The second-order valence-electron chi connectivity index (χ2n) is 19.0. The van der Waals surface area contributed by atoms with Gasteiger partial charge < -0.3 is 14.5 Å². The predicted molar refractivity (Wildman–Crippen MR) is 233 cm³/mol. The number of hydrogen-bond acceptors (Lipinski definition) is 9. The fourth-order valence-corrected chi connectivity index (χ4v) is 12.8. The summed E-state index contributed by atoms with van der Waals surface area (Å²) in [4.78, 5) is 73.7. The quantitative estimate of drug-likeness (QED) is 0.144. The number of imide groups is 2. The van der Waals surface area contributed by atoms with Crippen LogP contribution in [0.3, 0.4) is 0 Å². The van der Waals surface area contributed by atoms with Crippen LogP contribution in [0.4, 0.5) is 5.69 Å². The van der Waals surface area contributed by atoms with Gasteiger partial charge in [-0.2, -0.15) is 5.26 Å². The van der Waals surface area contributed by atoms with E-state index in [2.05, 4.69) is 55.7 Å². The van der Waals surface area contributed by atoms with E-state index < -0.39 is 23.8 Å². The van der Waals surface area contributed by atoms with E-state index in [0.717, 1.165) is 76.7 Å². The number of likely N-dealkylation sites (tertiary alicyclic amines) is 1. The highest BCUT2D eigenvalue weighted by Gasteiger charge is 2.66. The number of halogens is 2. The molecule has 4 heterocycles. The van der Waals surface area contributed by atoms with Crippen molar-refractivity contribution in [3.63, 3.8) is 0 Å². The first-order valence-corrected chi connectivity index (χ1v) is 22.1. The van der Waals surface area contributed by atoms with Crippen LogP contribution in [-0.4, -0.2) is 105 Å². The van der Waals surface area contributed by atoms with Gasteiger partial charge in [-0.25, -0.2) is 3.11 Å². The van der Waals surface area contributed by atoms with E-state index >= 15 is 0 Å². The lowest BCUT2D eigenvalue weighted by molar-refractivity contribution is -0.195. The maximum absolute atomic E-state index is 13.9. The Morgan fingerprint density at radius 2 is 1.48 bits per heavy atom. The molecule has 6 aliphatic rings. The second-order valence-corrected chi connectivity index (χ2v) is 20.3. The maximum Gasteiger partial charge on any atom is 0.262 e. The van der Waals surface area contributed by atoms with E-state index in [-0.39, 0.29) is 53.0 Å². The molecule has 4 aliphatic heterocycles. The third-order valence-corrected chi connectivity index (χ3v) is 15.7. The van der Waals surface area contributed by atoms with Crippen LogP contribution in [0.1, 0.15) is 101 Å². The number of benzene rings is 3. The molecule has 312 valence electrons. The van der Waals surface area contributed by atoms with Crippen LogP contribution < -0.4 is 9.64 Å². The molecule has 4 fully saturated rings. The molecule has 5 amide bonds. The van der Waals surface area contributed by atoms with Gasteiger partial charge in [0.15, 0.2) is 0 Å². The minimum Gasteiger partial charge on any atom is -0.489 e. The molecule has 3 aromatic rings. The molecule has 0 bridgehead atoms. The number of nitriles is 1. The van der Waals surface area contributed by atoms with Crippen molar-refractivity contribution >= 4 is 69.7 Å². The van der Waals surface area contributed by atoms with Crippen LogP contribution in [0.15, 0.2) is 54.6 Å². The summed E-state index contributed by atoms with van der Waals surface area (Å²) < 4.78 is 7.44. The Labute approximate surface area is 369 Å². The molecular formula is C46H48ClIN6O6. The van der Waals surface area contributed by atoms with Crippen LogP contribution >= 0.6 is 34.5 Å². The van der Waals surface area contributed by atoms with Crippen molar-refractivity contribution in [2.24, 2.45) is 16.2 Å². The lowest BCUT2D eigenvalue weighted by atomic mass is 9.49. The molecule has 9 rings (SSSR count). The molecule has 3 saturated heterocycles. The number of nitrogens with zero attached hydrogens (tertiary/aromatic N) is 6. The lowest BCUT2D eigenvalue weighted by Gasteiger charge is -2.65. The Morgan fingerprint density at radius 3 is 2.05 bits per heavy atom. The smallest absolute Gasteiger partial charge is 0.262 e. The van der Waals surface area contributed by atoms with E-state index in [1.165, 1.54) is 0 Å². The summed E-state index contributed by atoms with van der Waals surface area (Å²) in [6.45, 7) is 12.3. The van der Waals surface area contributed by atoms with Crippen molar-refractivity contribution in [2.75, 3.05) is 38.1 Å². The first-order chi connectivity index (χ1) is 28.4. The van der Waals surface area contributed by atoms with Crippen LogP contribution in [0, 0.1) is 27.6 Å². The van der Waals surface area contributed by atoms with Crippen molar-refractivity contribution in [3.05, 3.63) is 93.0 Å². The molecular weight excluding hydrogens is 895 g/mol. The van der Waals surface area contributed by atoms with Gasteiger partial charge in [-0.15, -0.1) is 0 Å². The number of carbonyl (C=O) groups is 5. The summed E-state index contributed by atoms with van der Waals surface area (Å²) >= 11 is 7.94. The lowest BCUT2D eigenvalue weighted by Crippen LogP contribution is -2.74. The van der Waals surface area contributed by atoms with E-state index in [0.29, 0.717) is 39.1 Å². The van der Waals surface area contributed by atoms with E-state index in [1.807, 2.05) is 36.2 Å². The summed E-state index contributed by atoms with van der Waals surface area (Å²) in [6, 6.07) is 18.4. The highest BCUT2D eigenvalue weighted by atomic mass is 127. The molecule has 1 unspecified atom stereocenters. The largest absolute Gasteiger partial charge is 0.489 e. The average Bonchev–Trinajstić information content (AvgIpc) is 3.71. The molecule has 1 spiro atoms. The molecule has 1 atom stereocenters. The molecule has 3 aromatic carbocycles. The van der Waals surface area contributed by atoms with Crippen LogP contribution in [-0.2, 0) is 22.4 Å². The minimum absolute atomic E-state index is 0.0284. The van der Waals surface area contributed by atoms with Gasteiger partial charge in [0.1, 0.15) is 24.0 Å². The topological polar surface area (TPSA) is 135 Å². The average molecular weight is 943 g/mol. The highest BCUT2D eigenvalue weighted by molar-refractivity contribution is 14.1. The first kappa shape index (κ1) is 40.9. The third-order valence-electron chi connectivity index (χ3n) is 14.3. The summed E-state index contributed by atoms with van der Waals surface area (Å²) in [6.07, 6.45) is 3.91. The van der Waals surface area contributed by atoms with Crippen molar-refractivity contribution in [1.29, 1.82) is 5.26 Å². The van der Waals surface area contributed by atoms with Gasteiger partial charge >= 0.3 is 0 Å². The Balaban J connectivity index is 0.771. The van der Waals surface area contributed by atoms with E-state index in [9.17, 15) is 29.2 Å². The number of fused-ring (bicyclic) bond motifs is 2. The summed E-state index contributed by atoms with van der Waals surface area (Å²) in [5.74, 6) is -1.14. The minimum atomic E-state index is -0.951. The zero-order chi connectivity index (χ0) is 42.6. The summed E-state index contributed by atoms with van der Waals surface area (Å²) in [5, 5.41) is 9.61. The molecule has 12 nitrogen and oxygen atoms in total. The summed E-state index contributed by atoms with van der Waals surface area (Å²) in [5.41, 5.74) is 4.54. The Hall–Kier alpha value is -4.52. The molecule has 14 heteroatoms. The molecule has 2 aliphatic carbocycles. The third kappa shape index (κ3) is 6.42. The fraction of sp³-hybridized carbons (Fsp3) is 0.478. The Bertz CT molecular complexity index is 2330. The van der Waals surface area contributed by atoms with E-state index in [4.69, 9.17) is 16.3 Å². The van der Waals surface area contributed by atoms with Crippen molar-refractivity contribution in [1.82, 2.24) is 17.8 Å². The number of amides is 5. The molecule has 0 radical (unpaired) electrons. The van der Waals surface area contributed by atoms with E-state index in [1.54, 1.807) is 41.1 Å². The van der Waals surface area contributed by atoms with Crippen LogP contribution in [0.5, 0.6) is 5.75 Å². The maximum atomic E-state index is 13.9. The Morgan fingerprint density at radius 1 is 0.883 bits per heavy atom. The number of rotatable bonds is 7. The number of carbonyl (C=O) groups excluding carboxylic acids is 5. The highest BCUT2D eigenvalue weighted by Crippen LogP contribution is 2.58.